The first-order valence-corrected chi connectivity index (χ1v) is 10.2. The van der Waals surface area contributed by atoms with E-state index in [0.29, 0.717) is 18.1 Å². The highest BCUT2D eigenvalue weighted by Crippen LogP contribution is 2.32. The molecule has 3 atom stereocenters. The minimum absolute atomic E-state index is 0.525. The molecule has 3 N–H and O–H groups in total. The molecular weight excluding hydrogens is 364 g/mol. The van der Waals surface area contributed by atoms with Gasteiger partial charge in [-0.05, 0) is 49.9 Å². The lowest BCUT2D eigenvalue weighted by Gasteiger charge is -2.36. The second-order valence-corrected chi connectivity index (χ2v) is 7.98. The van der Waals surface area contributed by atoms with Crippen molar-refractivity contribution in [2.75, 3.05) is 24.3 Å². The van der Waals surface area contributed by atoms with Crippen LogP contribution in [0.15, 0.2) is 36.7 Å². The quantitative estimate of drug-likeness (QED) is 0.616. The molecular formula is C21H26N8. The molecule has 0 aromatic carbocycles. The summed E-state index contributed by atoms with van der Waals surface area (Å²) < 4.78 is 0. The maximum Gasteiger partial charge on any atom is 0.151 e. The van der Waals surface area contributed by atoms with Crippen molar-refractivity contribution >= 4 is 11.6 Å². The van der Waals surface area contributed by atoms with Crippen LogP contribution in [0.4, 0.5) is 11.6 Å². The van der Waals surface area contributed by atoms with E-state index >= 15 is 0 Å². The molecule has 2 saturated heterocycles. The molecule has 2 aliphatic rings. The number of hydrogen-bond donors (Lipinski definition) is 3. The smallest absolute Gasteiger partial charge is 0.151 e. The molecule has 2 fully saturated rings. The maximum atomic E-state index is 4.73. The molecule has 0 aliphatic carbocycles. The first-order chi connectivity index (χ1) is 14.2. The highest BCUT2D eigenvalue weighted by atomic mass is 15.3. The number of piperidine rings is 1. The zero-order chi connectivity index (χ0) is 19.8. The van der Waals surface area contributed by atoms with E-state index in [2.05, 4.69) is 49.0 Å². The van der Waals surface area contributed by atoms with Crippen molar-refractivity contribution in [3.63, 3.8) is 0 Å². The van der Waals surface area contributed by atoms with E-state index in [4.69, 9.17) is 4.98 Å². The molecule has 0 amide bonds. The zero-order valence-corrected chi connectivity index (χ0v) is 16.8. The van der Waals surface area contributed by atoms with Gasteiger partial charge in [-0.15, -0.1) is 10.2 Å². The third-order valence-corrected chi connectivity index (χ3v) is 6.21. The van der Waals surface area contributed by atoms with E-state index in [1.54, 1.807) is 6.20 Å². The fourth-order valence-electron chi connectivity index (χ4n) is 4.60. The van der Waals surface area contributed by atoms with Crippen molar-refractivity contribution in [2.24, 2.45) is 0 Å². The van der Waals surface area contributed by atoms with Crippen LogP contribution in [0.1, 0.15) is 25.7 Å². The summed E-state index contributed by atoms with van der Waals surface area (Å²) in [7, 11) is 4.00. The highest BCUT2D eigenvalue weighted by Gasteiger charge is 2.35. The fraction of sp³-hybridized carbons (Fsp3) is 0.429. The maximum absolute atomic E-state index is 4.73. The van der Waals surface area contributed by atoms with Gasteiger partial charge in [0.25, 0.3) is 0 Å². The van der Waals surface area contributed by atoms with Gasteiger partial charge in [-0.3, -0.25) is 5.10 Å². The number of H-pyrrole nitrogens is 1. The second kappa shape index (κ2) is 7.44. The van der Waals surface area contributed by atoms with Gasteiger partial charge in [0.1, 0.15) is 11.5 Å². The van der Waals surface area contributed by atoms with E-state index in [-0.39, 0.29) is 0 Å². The Hall–Kier alpha value is -3.00. The van der Waals surface area contributed by atoms with Gasteiger partial charge in [0.05, 0.1) is 11.9 Å². The van der Waals surface area contributed by atoms with E-state index in [9.17, 15) is 0 Å². The summed E-state index contributed by atoms with van der Waals surface area (Å²) in [6.45, 7) is 0. The Morgan fingerprint density at radius 2 is 1.83 bits per heavy atom. The molecule has 0 unspecified atom stereocenters. The van der Waals surface area contributed by atoms with Crippen LogP contribution in [0.2, 0.25) is 0 Å². The van der Waals surface area contributed by atoms with E-state index < -0.39 is 0 Å². The third kappa shape index (κ3) is 3.44. The molecule has 5 rings (SSSR count). The van der Waals surface area contributed by atoms with E-state index in [0.717, 1.165) is 34.2 Å². The molecule has 2 bridgehead atoms. The lowest BCUT2D eigenvalue weighted by molar-refractivity contribution is 0.353. The molecule has 29 heavy (non-hydrogen) atoms. The molecule has 8 heteroatoms. The standard InChI is InChI=1S/C21H26N8/c1-22-21-17(13-11-23-24-12-13)5-6-18(26-21)19-7-8-20(28-27-19)29(2)16-9-14-3-4-15(10-16)25-14/h5-8,11-12,14-16,25H,3-4,9-10H2,1-2H3,(H,22,26)(H,23,24)/t14-,15+,16-. The van der Waals surface area contributed by atoms with Gasteiger partial charge in [-0.2, -0.15) is 5.10 Å². The number of anilines is 2. The van der Waals surface area contributed by atoms with Gasteiger partial charge >= 0.3 is 0 Å². The molecule has 0 spiro atoms. The molecule has 0 saturated carbocycles. The summed E-state index contributed by atoms with van der Waals surface area (Å²) in [6, 6.07) is 9.91. The number of nitrogens with one attached hydrogen (secondary N) is 3. The van der Waals surface area contributed by atoms with Crippen LogP contribution in [0, 0.1) is 0 Å². The van der Waals surface area contributed by atoms with Gasteiger partial charge < -0.3 is 15.5 Å². The zero-order valence-electron chi connectivity index (χ0n) is 16.8. The van der Waals surface area contributed by atoms with Crippen molar-refractivity contribution in [2.45, 2.75) is 43.8 Å². The average Bonchev–Trinajstić information content (AvgIpc) is 3.42. The largest absolute Gasteiger partial charge is 0.373 e. The molecule has 8 nitrogen and oxygen atoms in total. The van der Waals surface area contributed by atoms with Crippen molar-refractivity contribution in [3.05, 3.63) is 36.7 Å². The Morgan fingerprint density at radius 3 is 2.48 bits per heavy atom. The third-order valence-electron chi connectivity index (χ3n) is 6.21. The number of fused-ring (bicyclic) bond motifs is 2. The normalized spacial score (nSPS) is 23.2. The summed E-state index contributed by atoms with van der Waals surface area (Å²) in [6.07, 6.45) is 8.60. The Bertz CT molecular complexity index is 957. The van der Waals surface area contributed by atoms with Gasteiger partial charge in [-0.1, -0.05) is 0 Å². The number of nitrogens with zero attached hydrogens (tertiary/aromatic N) is 5. The molecule has 150 valence electrons. The summed E-state index contributed by atoms with van der Waals surface area (Å²) in [5, 5.41) is 22.7. The summed E-state index contributed by atoms with van der Waals surface area (Å²) >= 11 is 0. The lowest BCUT2D eigenvalue weighted by atomic mass is 9.98. The predicted molar refractivity (Wildman–Crippen MR) is 114 cm³/mol. The monoisotopic (exact) mass is 390 g/mol. The number of pyridine rings is 1. The number of aromatic amines is 1. The lowest BCUT2D eigenvalue weighted by Crippen LogP contribution is -2.47. The van der Waals surface area contributed by atoms with E-state index in [1.165, 1.54) is 25.7 Å². The van der Waals surface area contributed by atoms with Crippen LogP contribution in [-0.4, -0.2) is 57.6 Å². The molecule has 5 heterocycles. The Kier molecular flexibility index (Phi) is 4.63. The summed E-state index contributed by atoms with van der Waals surface area (Å²) in [5.41, 5.74) is 3.55. The topological polar surface area (TPSA) is 94.7 Å². The van der Waals surface area contributed by atoms with Crippen LogP contribution < -0.4 is 15.5 Å². The molecule has 0 radical (unpaired) electrons. The van der Waals surface area contributed by atoms with Crippen LogP contribution in [0.25, 0.3) is 22.5 Å². The van der Waals surface area contributed by atoms with Crippen molar-refractivity contribution in [1.82, 2.24) is 30.7 Å². The average molecular weight is 390 g/mol. The predicted octanol–water partition coefficient (Wildman–Crippen LogP) is 2.69. The number of rotatable bonds is 5. The second-order valence-electron chi connectivity index (χ2n) is 7.98. The van der Waals surface area contributed by atoms with Crippen LogP contribution in [0.3, 0.4) is 0 Å². The SMILES string of the molecule is CNc1nc(-c2ccc(N(C)[C@@H]3C[C@H]4CC[C@@H](C3)N4)nn2)ccc1-c1cn[nH]c1. The number of hydrogen-bond acceptors (Lipinski definition) is 7. The molecule has 3 aromatic heterocycles. The van der Waals surface area contributed by atoms with Gasteiger partial charge in [0, 0.05) is 49.5 Å². The van der Waals surface area contributed by atoms with Crippen molar-refractivity contribution < 1.29 is 0 Å². The number of aromatic nitrogens is 5. The molecule has 2 aliphatic heterocycles. The van der Waals surface area contributed by atoms with Crippen LogP contribution >= 0.6 is 0 Å². The first kappa shape index (κ1) is 18.1. The van der Waals surface area contributed by atoms with Crippen molar-refractivity contribution in [3.8, 4) is 22.5 Å². The minimum Gasteiger partial charge on any atom is -0.373 e. The Balaban J connectivity index is 1.36. The van der Waals surface area contributed by atoms with Gasteiger partial charge in [0.15, 0.2) is 5.82 Å². The minimum atomic E-state index is 0.525. The first-order valence-electron chi connectivity index (χ1n) is 10.2. The van der Waals surface area contributed by atoms with Gasteiger partial charge in [-0.25, -0.2) is 4.98 Å². The fourth-order valence-corrected chi connectivity index (χ4v) is 4.60. The van der Waals surface area contributed by atoms with Crippen molar-refractivity contribution in [1.29, 1.82) is 0 Å². The Morgan fingerprint density at radius 1 is 1.03 bits per heavy atom. The van der Waals surface area contributed by atoms with Crippen LogP contribution in [0.5, 0.6) is 0 Å². The van der Waals surface area contributed by atoms with Crippen LogP contribution in [-0.2, 0) is 0 Å². The highest BCUT2D eigenvalue weighted by molar-refractivity contribution is 5.76. The summed E-state index contributed by atoms with van der Waals surface area (Å²) in [5.74, 6) is 1.71. The molecule has 3 aromatic rings. The van der Waals surface area contributed by atoms with E-state index in [1.807, 2.05) is 31.4 Å². The Labute approximate surface area is 170 Å². The van der Waals surface area contributed by atoms with Gasteiger partial charge in [0.2, 0.25) is 0 Å². The summed E-state index contributed by atoms with van der Waals surface area (Å²) in [4.78, 5) is 7.02.